The summed E-state index contributed by atoms with van der Waals surface area (Å²) in [5, 5.41) is 8.89. The van der Waals surface area contributed by atoms with Gasteiger partial charge in [-0.25, -0.2) is 4.57 Å². The van der Waals surface area contributed by atoms with Gasteiger partial charge in [0.05, 0.1) is 13.2 Å². The van der Waals surface area contributed by atoms with Crippen molar-refractivity contribution < 1.29 is 47.5 Å². The minimum atomic E-state index is -4.71. The highest BCUT2D eigenvalue weighted by Gasteiger charge is 2.28. The Bertz CT molecular complexity index is 981. The molecule has 0 aromatic heterocycles. The average Bonchev–Trinajstić information content (AvgIpc) is 3.16. The summed E-state index contributed by atoms with van der Waals surface area (Å²) in [6.45, 7) is 4.35. The van der Waals surface area contributed by atoms with E-state index in [-0.39, 0.29) is 19.4 Å². The van der Waals surface area contributed by atoms with E-state index < -0.39 is 51.1 Å². The molecular weight excluding hydrogens is 721 g/mol. The molecule has 0 aromatic rings. The van der Waals surface area contributed by atoms with Gasteiger partial charge in [-0.05, 0) is 25.7 Å². The number of hydrogen-bond donors (Lipinski definition) is 3. The van der Waals surface area contributed by atoms with Gasteiger partial charge in [-0.15, -0.1) is 6.58 Å². The van der Waals surface area contributed by atoms with Gasteiger partial charge in [0, 0.05) is 12.8 Å². The number of unbranched alkanes of at least 4 members (excludes halogenated alkanes) is 28. The fourth-order valence-corrected chi connectivity index (χ4v) is 7.18. The van der Waals surface area contributed by atoms with Crippen molar-refractivity contribution in [2.45, 2.75) is 225 Å². The summed E-state index contributed by atoms with van der Waals surface area (Å²) in [7, 11) is -4.71. The average molecular weight is 804 g/mol. The number of allylic oxidation sites excluding steroid dienone is 1. The van der Waals surface area contributed by atoms with Crippen LogP contribution < -0.4 is 5.73 Å². The number of carboxylic acids is 1. The molecule has 0 saturated carbocycles. The van der Waals surface area contributed by atoms with Crippen molar-refractivity contribution in [3.05, 3.63) is 12.7 Å². The van der Waals surface area contributed by atoms with Crippen LogP contribution >= 0.6 is 7.82 Å². The lowest BCUT2D eigenvalue weighted by molar-refractivity contribution is -0.161. The Hall–Kier alpha value is -1.78. The zero-order chi connectivity index (χ0) is 40.7. The fourth-order valence-electron chi connectivity index (χ4n) is 6.40. The van der Waals surface area contributed by atoms with Crippen LogP contribution in [0.1, 0.15) is 212 Å². The van der Waals surface area contributed by atoms with E-state index in [0.717, 1.165) is 44.9 Å². The maximum absolute atomic E-state index is 12.6. The van der Waals surface area contributed by atoms with Gasteiger partial charge < -0.3 is 25.2 Å². The molecule has 0 aliphatic heterocycles. The number of ether oxygens (including phenoxy) is 2. The van der Waals surface area contributed by atoms with E-state index in [4.69, 9.17) is 24.8 Å². The third-order valence-electron chi connectivity index (χ3n) is 9.91. The molecule has 4 N–H and O–H groups in total. The molecule has 0 saturated heterocycles. The maximum Gasteiger partial charge on any atom is 0.472 e. The first-order chi connectivity index (χ1) is 26.6. The Morgan fingerprint density at radius 1 is 0.582 bits per heavy atom. The van der Waals surface area contributed by atoms with Crippen LogP contribution in [0.3, 0.4) is 0 Å². The van der Waals surface area contributed by atoms with Gasteiger partial charge >= 0.3 is 25.7 Å². The molecule has 0 spiro atoms. The van der Waals surface area contributed by atoms with Gasteiger partial charge in [0.25, 0.3) is 0 Å². The Kier molecular flexibility index (Phi) is 37.8. The standard InChI is InChI=1S/C43H82NO10P/c1-3-5-7-9-11-13-15-17-19-21-22-24-26-28-30-32-34-41(45)51-36-39(37-52-55(49,50)53-38-40(44)43(47)48)54-42(46)35-33-31-29-27-25-23-20-18-16-14-12-10-8-6-4-2/h4,39-40H,2-3,5-38,44H2,1H3,(H,47,48)(H,49,50)/t39-,40+/m1/s1. The third kappa shape index (κ3) is 38.9. The smallest absolute Gasteiger partial charge is 0.472 e. The van der Waals surface area contributed by atoms with Crippen LogP contribution in [0, 0.1) is 0 Å². The fraction of sp³-hybridized carbons (Fsp3) is 0.884. The normalized spacial score (nSPS) is 13.6. The highest BCUT2D eigenvalue weighted by atomic mass is 31.2. The predicted octanol–water partition coefficient (Wildman–Crippen LogP) is 11.7. The van der Waals surface area contributed by atoms with Crippen LogP contribution in [0.25, 0.3) is 0 Å². The first-order valence-electron chi connectivity index (χ1n) is 22.2. The number of aliphatic carboxylic acids is 1. The molecule has 0 bridgehead atoms. The summed E-state index contributed by atoms with van der Waals surface area (Å²) in [6, 6.07) is -1.52. The Morgan fingerprint density at radius 3 is 1.35 bits per heavy atom. The quantitative estimate of drug-likeness (QED) is 0.0232. The minimum Gasteiger partial charge on any atom is -0.480 e. The van der Waals surface area contributed by atoms with Gasteiger partial charge in [-0.3, -0.25) is 23.4 Å². The van der Waals surface area contributed by atoms with E-state index in [0.29, 0.717) is 12.8 Å². The lowest BCUT2D eigenvalue weighted by Crippen LogP contribution is -2.34. The Morgan fingerprint density at radius 2 is 0.945 bits per heavy atom. The van der Waals surface area contributed by atoms with E-state index in [1.54, 1.807) is 0 Å². The van der Waals surface area contributed by atoms with Crippen LogP contribution in [0.4, 0.5) is 0 Å². The molecule has 12 heteroatoms. The first kappa shape index (κ1) is 53.2. The second kappa shape index (κ2) is 39.1. The lowest BCUT2D eigenvalue weighted by atomic mass is 10.0. The Labute approximate surface area is 335 Å². The van der Waals surface area contributed by atoms with Gasteiger partial charge in [-0.2, -0.15) is 0 Å². The van der Waals surface area contributed by atoms with E-state index in [2.05, 4.69) is 18.0 Å². The van der Waals surface area contributed by atoms with Crippen LogP contribution in [0.5, 0.6) is 0 Å². The van der Waals surface area contributed by atoms with E-state index in [1.165, 1.54) is 135 Å². The van der Waals surface area contributed by atoms with Crippen LogP contribution in [0.15, 0.2) is 12.7 Å². The minimum absolute atomic E-state index is 0.164. The molecule has 324 valence electrons. The van der Waals surface area contributed by atoms with Gasteiger partial charge in [0.15, 0.2) is 6.10 Å². The summed E-state index contributed by atoms with van der Waals surface area (Å²) in [5.74, 6) is -2.37. The number of esters is 2. The number of hydrogen-bond acceptors (Lipinski definition) is 9. The van der Waals surface area contributed by atoms with Crippen molar-refractivity contribution in [2.24, 2.45) is 5.73 Å². The van der Waals surface area contributed by atoms with Crippen molar-refractivity contribution in [2.75, 3.05) is 19.8 Å². The zero-order valence-electron chi connectivity index (χ0n) is 34.9. The molecule has 11 nitrogen and oxygen atoms in total. The monoisotopic (exact) mass is 804 g/mol. The van der Waals surface area contributed by atoms with Crippen molar-refractivity contribution in [1.82, 2.24) is 0 Å². The molecule has 55 heavy (non-hydrogen) atoms. The summed E-state index contributed by atoms with van der Waals surface area (Å²) in [5.41, 5.74) is 5.33. The number of carboxylic acid groups (broad SMARTS) is 1. The van der Waals surface area contributed by atoms with Crippen LogP contribution in [-0.4, -0.2) is 59.9 Å². The second-order valence-corrected chi connectivity index (χ2v) is 16.7. The maximum atomic E-state index is 12.6. The third-order valence-corrected chi connectivity index (χ3v) is 10.9. The highest BCUT2D eigenvalue weighted by Crippen LogP contribution is 2.43. The first-order valence-corrected chi connectivity index (χ1v) is 23.7. The molecule has 0 rings (SSSR count). The predicted molar refractivity (Wildman–Crippen MR) is 222 cm³/mol. The molecule has 0 radical (unpaired) electrons. The Balaban J connectivity index is 4.30. The number of phosphoric acid groups is 1. The molecule has 3 atom stereocenters. The number of phosphoric ester groups is 1. The molecule has 0 fully saturated rings. The van der Waals surface area contributed by atoms with Gasteiger partial charge in [0.1, 0.15) is 12.6 Å². The second-order valence-electron chi connectivity index (χ2n) is 15.3. The zero-order valence-corrected chi connectivity index (χ0v) is 35.8. The topological polar surface area (TPSA) is 172 Å². The van der Waals surface area contributed by atoms with Crippen molar-refractivity contribution in [3.63, 3.8) is 0 Å². The summed E-state index contributed by atoms with van der Waals surface area (Å²) in [4.78, 5) is 45.9. The summed E-state index contributed by atoms with van der Waals surface area (Å²) < 4.78 is 32.7. The van der Waals surface area contributed by atoms with E-state index in [1.807, 2.05) is 6.08 Å². The lowest BCUT2D eigenvalue weighted by Gasteiger charge is -2.20. The van der Waals surface area contributed by atoms with Crippen molar-refractivity contribution in [3.8, 4) is 0 Å². The molecule has 1 unspecified atom stereocenters. The van der Waals surface area contributed by atoms with Crippen molar-refractivity contribution >= 4 is 25.7 Å². The largest absolute Gasteiger partial charge is 0.480 e. The van der Waals surface area contributed by atoms with E-state index >= 15 is 0 Å². The summed E-state index contributed by atoms with van der Waals surface area (Å²) in [6.07, 6.45) is 37.3. The molecule has 0 amide bonds. The molecule has 0 aliphatic rings. The molecule has 0 heterocycles. The highest BCUT2D eigenvalue weighted by molar-refractivity contribution is 7.47. The number of carbonyl (C=O) groups is 3. The van der Waals surface area contributed by atoms with Gasteiger partial charge in [-0.1, -0.05) is 180 Å². The number of rotatable bonds is 43. The SMILES string of the molecule is C=CCCCCCCCCCCCCCCCC(=O)O[C@H](COC(=O)CCCCCCCCCCCCCCCCCC)COP(=O)(O)OC[C@H](N)C(=O)O. The molecule has 0 aliphatic carbocycles. The van der Waals surface area contributed by atoms with Gasteiger partial charge in [0.2, 0.25) is 0 Å². The summed E-state index contributed by atoms with van der Waals surface area (Å²) >= 11 is 0. The molecule has 0 aromatic carbocycles. The van der Waals surface area contributed by atoms with Crippen LogP contribution in [0.2, 0.25) is 0 Å². The number of carbonyl (C=O) groups excluding carboxylic acids is 2. The number of nitrogens with two attached hydrogens (primary N) is 1. The van der Waals surface area contributed by atoms with E-state index in [9.17, 15) is 23.8 Å². The van der Waals surface area contributed by atoms with Crippen LogP contribution in [-0.2, 0) is 37.5 Å². The molecular formula is C43H82NO10P. The van der Waals surface area contributed by atoms with Crippen molar-refractivity contribution in [1.29, 1.82) is 0 Å².